The fourth-order valence-corrected chi connectivity index (χ4v) is 14.6. The lowest BCUT2D eigenvalue weighted by molar-refractivity contribution is -0.160. The first kappa shape index (κ1) is 66.2. The number of carbonyl (C=O) groups is 6. The van der Waals surface area contributed by atoms with Crippen LogP contribution in [0.3, 0.4) is 0 Å². The van der Waals surface area contributed by atoms with Crippen LogP contribution in [0.2, 0.25) is 0 Å². The zero-order valence-electron chi connectivity index (χ0n) is 50.7. The van der Waals surface area contributed by atoms with Gasteiger partial charge in [0, 0.05) is 33.0 Å². The highest BCUT2D eigenvalue weighted by molar-refractivity contribution is 9.10. The summed E-state index contributed by atoms with van der Waals surface area (Å²) in [4.78, 5) is 109. The Balaban J connectivity index is 1.02. The molecule has 2 aromatic heterocycles. The summed E-state index contributed by atoms with van der Waals surface area (Å²) in [6.45, 7) is 14.1. The number of carbonyl (C=O) groups excluding carboxylic acids is 6. The topological polar surface area (TPSA) is 246 Å². The fourth-order valence-electron chi connectivity index (χ4n) is 9.32. The molecule has 470 valence electrons. The van der Waals surface area contributed by atoms with E-state index in [0.717, 1.165) is 28.0 Å². The average Bonchev–Trinajstić information content (AvgIpc) is 0.802. The van der Waals surface area contributed by atoms with E-state index in [9.17, 15) is 33.6 Å². The number of amides is 2. The van der Waals surface area contributed by atoms with E-state index in [2.05, 4.69) is 31.7 Å². The first-order valence-electron chi connectivity index (χ1n) is 28.0. The lowest BCUT2D eigenvalue weighted by Gasteiger charge is -2.49. The predicted octanol–water partition coefficient (Wildman–Crippen LogP) is 12.8. The van der Waals surface area contributed by atoms with Crippen LogP contribution < -0.4 is 30.3 Å². The maximum absolute atomic E-state index is 14.8. The van der Waals surface area contributed by atoms with Gasteiger partial charge in [0.05, 0.1) is 15.8 Å². The van der Waals surface area contributed by atoms with E-state index in [4.69, 9.17) is 43.0 Å². The van der Waals surface area contributed by atoms with E-state index in [1.807, 2.05) is 91.0 Å². The third-order valence-electron chi connectivity index (χ3n) is 13.1. The van der Waals surface area contributed by atoms with E-state index in [1.54, 1.807) is 92.0 Å². The van der Waals surface area contributed by atoms with Crippen LogP contribution in [0, 0.1) is 0 Å². The minimum atomic E-state index is -1.21. The number of thioether (sulfide) groups is 2. The lowest BCUT2D eigenvalue weighted by Crippen LogP contribution is -2.71. The Kier molecular flexibility index (Phi) is 20.5. The zero-order valence-corrected chi connectivity index (χ0v) is 55.5. The van der Waals surface area contributed by atoms with Gasteiger partial charge in [-0.25, -0.2) is 24.2 Å². The number of nitrogens with zero attached hydrogens (tertiary/aromatic N) is 3. The Labute approximate surface area is 544 Å². The van der Waals surface area contributed by atoms with Gasteiger partial charge < -0.3 is 48.6 Å². The molecule has 4 heterocycles. The maximum Gasteiger partial charge on any atom is 0.514 e. The summed E-state index contributed by atoms with van der Waals surface area (Å²) in [6.07, 6.45) is -2.21. The highest BCUT2D eigenvalue weighted by Gasteiger charge is 2.55. The molecule has 20 nitrogen and oxygen atoms in total. The fraction of sp³-hybridized carbons (Fsp3) is 0.308. The minimum absolute atomic E-state index is 0.0534. The van der Waals surface area contributed by atoms with Crippen molar-refractivity contribution < 1.29 is 66.8 Å². The van der Waals surface area contributed by atoms with Gasteiger partial charge in [-0.1, -0.05) is 108 Å². The van der Waals surface area contributed by atoms with Crippen LogP contribution in [-0.4, -0.2) is 105 Å². The number of thiazole rings is 1. The summed E-state index contributed by atoms with van der Waals surface area (Å²) in [5.41, 5.74) is -0.803. The molecule has 2 atom stereocenters. The van der Waals surface area contributed by atoms with Crippen molar-refractivity contribution in [3.63, 3.8) is 0 Å². The number of anilines is 1. The van der Waals surface area contributed by atoms with Gasteiger partial charge in [-0.05, 0) is 124 Å². The summed E-state index contributed by atoms with van der Waals surface area (Å²) in [5, 5.41) is 12.0. The molecule has 2 N–H and O–H groups in total. The van der Waals surface area contributed by atoms with E-state index in [1.165, 1.54) is 59.0 Å². The number of oxime groups is 1. The van der Waals surface area contributed by atoms with Crippen LogP contribution in [0.4, 0.5) is 14.7 Å². The number of halogens is 1. The van der Waals surface area contributed by atoms with Crippen molar-refractivity contribution >= 4 is 119 Å². The van der Waals surface area contributed by atoms with Crippen molar-refractivity contribution in [2.75, 3.05) is 30.5 Å². The number of ether oxygens (including phenoxy) is 7. The number of fused-ring (bicyclic) bond motifs is 2. The Morgan fingerprint density at radius 2 is 1.30 bits per heavy atom. The van der Waals surface area contributed by atoms with Crippen molar-refractivity contribution in [1.82, 2.24) is 15.2 Å². The van der Waals surface area contributed by atoms with E-state index >= 15 is 0 Å². The number of esters is 2. The Morgan fingerprint density at radius 3 is 1.84 bits per heavy atom. The van der Waals surface area contributed by atoms with Gasteiger partial charge in [0.25, 0.3) is 11.8 Å². The molecule has 0 bridgehead atoms. The minimum Gasteiger partial charge on any atom is -0.497 e. The summed E-state index contributed by atoms with van der Waals surface area (Å²) >= 11 is 8.28. The highest BCUT2D eigenvalue weighted by atomic mass is 79.9. The van der Waals surface area contributed by atoms with Crippen LogP contribution in [-0.2, 0) is 55.1 Å². The standard InChI is InChI=1S/C65H64BrN5O15S4/c1-62(2,3)84-48(72)33-81-70-50(44-36-89-59(67-44)69-65(39-20-14-11-15-21-39,40-22-16-12-17-23-40)41-24-18-13-19-25-41)54(74)68-51-55(75)71-52(57(76)80-32-37-26-28-42(79-10)29-27-37)38(34-87-56(51)71)35-88-58-49(66)53(73)43-30-45(82-60(77)85-63(4,5)6)46(31-47(43)90-58)83-61(78)86-64(7,8)9/h11-31,36,51,56H,32-35H2,1-10H3,(H,67,69)(H,68,74)/b70-50-/t51?,56-/m0/s1. The molecule has 9 rings (SSSR count). The van der Waals surface area contributed by atoms with Gasteiger partial charge >= 0.3 is 24.2 Å². The van der Waals surface area contributed by atoms with Crippen LogP contribution in [0.5, 0.6) is 17.2 Å². The zero-order chi connectivity index (χ0) is 64.7. The first-order valence-corrected chi connectivity index (χ1v) is 32.6. The number of hydrogen-bond donors (Lipinski definition) is 2. The molecule has 2 aliphatic rings. The second kappa shape index (κ2) is 27.9. The lowest BCUT2D eigenvalue weighted by atomic mass is 9.77. The monoisotopic (exact) mass is 1360 g/mol. The molecule has 0 radical (unpaired) electrons. The number of rotatable bonds is 20. The molecular formula is C65H64BrN5O15S4. The average molecular weight is 1360 g/mol. The number of aromatic nitrogens is 1. The van der Waals surface area contributed by atoms with Crippen molar-refractivity contribution in [2.24, 2.45) is 5.16 Å². The third-order valence-corrected chi connectivity index (χ3v) is 19.0. The third kappa shape index (κ3) is 16.0. The number of hydrogen-bond acceptors (Lipinski definition) is 22. The molecule has 5 aromatic carbocycles. The van der Waals surface area contributed by atoms with Crippen LogP contribution in [0.25, 0.3) is 10.1 Å². The summed E-state index contributed by atoms with van der Waals surface area (Å²) in [6, 6.07) is 37.9. The van der Waals surface area contributed by atoms with Crippen molar-refractivity contribution in [1.29, 1.82) is 0 Å². The van der Waals surface area contributed by atoms with Crippen molar-refractivity contribution in [2.45, 2.75) is 107 Å². The summed E-state index contributed by atoms with van der Waals surface area (Å²) < 4.78 is 39.4. The normalized spacial score (nSPS) is 15.2. The van der Waals surface area contributed by atoms with Gasteiger partial charge in [-0.2, -0.15) is 0 Å². The number of nitrogens with one attached hydrogen (secondary N) is 2. The van der Waals surface area contributed by atoms with E-state index in [0.29, 0.717) is 30.9 Å². The molecular weight excluding hydrogens is 1300 g/mol. The molecule has 0 spiro atoms. The Hall–Kier alpha value is -8.23. The largest absolute Gasteiger partial charge is 0.514 e. The quantitative estimate of drug-likeness (QED) is 0.0105. The SMILES string of the molecule is COc1ccc(COC(=O)C2=C(CSc3sc4cc(OC(=O)OC(C)(C)C)c(OC(=O)OC(C)(C)C)cc4c(=O)c3Br)CS[C@H]3C(NC(=O)/C(=N\OCC(=O)OC(C)(C)C)c4csc(NC(c5ccccc5)(c5ccccc5)c5ccccc5)n4)C(=O)N23)cc1. The second-order valence-electron chi connectivity index (χ2n) is 23.3. The number of β-lactam (4-membered cyclic amide) rings is 1. The summed E-state index contributed by atoms with van der Waals surface area (Å²) in [7, 11) is 1.53. The first-order chi connectivity index (χ1) is 42.7. The molecule has 1 saturated heterocycles. The molecule has 25 heteroatoms. The molecule has 2 amide bonds. The molecule has 0 aliphatic carbocycles. The molecule has 1 unspecified atom stereocenters. The Morgan fingerprint density at radius 1 is 0.744 bits per heavy atom. The molecule has 1 fully saturated rings. The summed E-state index contributed by atoms with van der Waals surface area (Å²) in [5.74, 6) is -2.80. The van der Waals surface area contributed by atoms with Crippen molar-refractivity contribution in [3.8, 4) is 17.2 Å². The molecule has 7 aromatic rings. The van der Waals surface area contributed by atoms with Crippen LogP contribution in [0.1, 0.15) is 90.3 Å². The molecule has 90 heavy (non-hydrogen) atoms. The van der Waals surface area contributed by atoms with E-state index < -0.39 is 81.9 Å². The smallest absolute Gasteiger partial charge is 0.497 e. The van der Waals surface area contributed by atoms with Gasteiger partial charge in [-0.3, -0.25) is 19.3 Å². The Bertz CT molecular complexity index is 3860. The molecule has 0 saturated carbocycles. The van der Waals surface area contributed by atoms with Gasteiger partial charge in [0.2, 0.25) is 12.0 Å². The van der Waals surface area contributed by atoms with Gasteiger partial charge in [0.1, 0.15) is 57.5 Å². The van der Waals surface area contributed by atoms with Gasteiger partial charge in [-0.15, -0.1) is 46.2 Å². The highest BCUT2D eigenvalue weighted by Crippen LogP contribution is 2.46. The number of methoxy groups -OCH3 is 1. The van der Waals surface area contributed by atoms with Gasteiger partial charge in [0.15, 0.2) is 22.3 Å². The van der Waals surface area contributed by atoms with E-state index in [-0.39, 0.29) is 56.6 Å². The van der Waals surface area contributed by atoms with Crippen LogP contribution in [0.15, 0.2) is 163 Å². The maximum atomic E-state index is 14.8. The van der Waals surface area contributed by atoms with Crippen molar-refractivity contribution in [3.05, 3.63) is 187 Å². The predicted molar refractivity (Wildman–Crippen MR) is 348 cm³/mol. The molecule has 2 aliphatic heterocycles. The number of benzene rings is 5. The van der Waals surface area contributed by atoms with Crippen LogP contribution >= 0.6 is 62.1 Å². The second-order valence-corrected chi connectivity index (χ2v) is 28.3.